The zero-order valence-corrected chi connectivity index (χ0v) is 11.6. The molecule has 0 aromatic rings. The molecule has 104 valence electrons. The van der Waals surface area contributed by atoms with Gasteiger partial charge in [0.2, 0.25) is 0 Å². The summed E-state index contributed by atoms with van der Waals surface area (Å²) in [6.07, 6.45) is 7.82. The Hall–Kier alpha value is -0.610. The molecule has 0 aromatic heterocycles. The second kappa shape index (κ2) is 5.57. The second-order valence-corrected chi connectivity index (χ2v) is 6.11. The first kappa shape index (κ1) is 13.8. The van der Waals surface area contributed by atoms with E-state index in [0.717, 1.165) is 12.5 Å². The van der Waals surface area contributed by atoms with Gasteiger partial charge in [0.05, 0.1) is 0 Å². The van der Waals surface area contributed by atoms with Crippen LogP contribution in [0.1, 0.15) is 45.4 Å². The van der Waals surface area contributed by atoms with Crippen molar-refractivity contribution >= 4 is 5.97 Å². The summed E-state index contributed by atoms with van der Waals surface area (Å²) in [6, 6.07) is 0.625. The van der Waals surface area contributed by atoms with Crippen molar-refractivity contribution in [3.05, 3.63) is 0 Å². The van der Waals surface area contributed by atoms with Gasteiger partial charge in [0, 0.05) is 12.6 Å². The van der Waals surface area contributed by atoms with Gasteiger partial charge in [0.15, 0.2) is 0 Å². The highest BCUT2D eigenvalue weighted by Crippen LogP contribution is 2.35. The fourth-order valence-electron chi connectivity index (χ4n) is 3.58. The third-order valence-electron chi connectivity index (χ3n) is 4.90. The SMILES string of the molecule is CNC(C)(CN1CCC[C@H]2CCCC[C@H]21)C(=O)O. The molecular formula is C14H26N2O2. The summed E-state index contributed by atoms with van der Waals surface area (Å²) in [6.45, 7) is 3.48. The van der Waals surface area contributed by atoms with Crippen LogP contribution in [0.2, 0.25) is 0 Å². The molecule has 3 atom stereocenters. The summed E-state index contributed by atoms with van der Waals surface area (Å²) in [4.78, 5) is 13.8. The first-order chi connectivity index (χ1) is 8.57. The molecule has 1 aliphatic heterocycles. The van der Waals surface area contributed by atoms with Gasteiger partial charge in [-0.1, -0.05) is 12.8 Å². The van der Waals surface area contributed by atoms with Gasteiger partial charge in [0.1, 0.15) is 5.54 Å². The number of likely N-dealkylation sites (N-methyl/N-ethyl adjacent to an activating group) is 1. The number of hydrogen-bond donors (Lipinski definition) is 2. The number of carboxylic acids is 1. The van der Waals surface area contributed by atoms with E-state index in [0.29, 0.717) is 12.6 Å². The van der Waals surface area contributed by atoms with Gasteiger partial charge in [-0.15, -0.1) is 0 Å². The van der Waals surface area contributed by atoms with E-state index in [9.17, 15) is 9.90 Å². The molecule has 1 unspecified atom stereocenters. The van der Waals surface area contributed by atoms with Gasteiger partial charge in [0.25, 0.3) is 0 Å². The summed E-state index contributed by atoms with van der Waals surface area (Å²) in [5.74, 6) is 0.0605. The Labute approximate surface area is 110 Å². The number of fused-ring (bicyclic) bond motifs is 1. The lowest BCUT2D eigenvalue weighted by atomic mass is 9.78. The lowest BCUT2D eigenvalue weighted by molar-refractivity contribution is -0.145. The van der Waals surface area contributed by atoms with Crippen LogP contribution in [0.3, 0.4) is 0 Å². The van der Waals surface area contributed by atoms with Crippen LogP contribution in [0.5, 0.6) is 0 Å². The quantitative estimate of drug-likeness (QED) is 0.802. The number of rotatable bonds is 4. The van der Waals surface area contributed by atoms with Crippen LogP contribution in [-0.4, -0.2) is 47.7 Å². The van der Waals surface area contributed by atoms with Crippen LogP contribution in [0.15, 0.2) is 0 Å². The smallest absolute Gasteiger partial charge is 0.324 e. The topological polar surface area (TPSA) is 52.6 Å². The van der Waals surface area contributed by atoms with Crippen LogP contribution in [0, 0.1) is 5.92 Å². The molecule has 4 nitrogen and oxygen atoms in total. The monoisotopic (exact) mass is 254 g/mol. The molecule has 2 aliphatic rings. The Balaban J connectivity index is 2.04. The van der Waals surface area contributed by atoms with Crippen LogP contribution in [0.4, 0.5) is 0 Å². The molecule has 0 spiro atoms. The molecule has 1 saturated carbocycles. The number of nitrogens with one attached hydrogen (secondary N) is 1. The molecule has 1 saturated heterocycles. The molecule has 0 bridgehead atoms. The highest BCUT2D eigenvalue weighted by Gasteiger charge is 2.39. The standard InChI is InChI=1S/C14H26N2O2/c1-14(15-2,13(17)18)10-16-9-5-7-11-6-3-4-8-12(11)16/h11-12,15H,3-10H2,1-2H3,(H,17,18)/t11-,12-,14?/m1/s1. The number of aliphatic carboxylic acids is 1. The highest BCUT2D eigenvalue weighted by molar-refractivity contribution is 5.78. The van der Waals surface area contributed by atoms with Crippen molar-refractivity contribution in [3.63, 3.8) is 0 Å². The molecular weight excluding hydrogens is 228 g/mol. The average Bonchev–Trinajstić information content (AvgIpc) is 2.39. The van der Waals surface area contributed by atoms with Gasteiger partial charge in [-0.3, -0.25) is 9.69 Å². The Morgan fingerprint density at radius 3 is 2.67 bits per heavy atom. The summed E-state index contributed by atoms with van der Waals surface area (Å²) < 4.78 is 0. The minimum atomic E-state index is -0.820. The number of carbonyl (C=O) groups is 1. The summed E-state index contributed by atoms with van der Waals surface area (Å²) in [7, 11) is 1.75. The van der Waals surface area contributed by atoms with Crippen LogP contribution in [0.25, 0.3) is 0 Å². The normalized spacial score (nSPS) is 32.6. The predicted octanol–water partition coefficient (Wildman–Crippen LogP) is 1.70. The molecule has 1 heterocycles. The molecule has 0 amide bonds. The van der Waals surface area contributed by atoms with E-state index in [1.165, 1.54) is 38.5 Å². The fraction of sp³-hybridized carbons (Fsp3) is 0.929. The Bertz CT molecular complexity index is 306. The maximum Gasteiger partial charge on any atom is 0.324 e. The Kier molecular flexibility index (Phi) is 4.28. The van der Waals surface area contributed by atoms with Crippen LogP contribution >= 0.6 is 0 Å². The number of likely N-dealkylation sites (tertiary alicyclic amines) is 1. The fourth-order valence-corrected chi connectivity index (χ4v) is 3.58. The minimum Gasteiger partial charge on any atom is -0.480 e. The van der Waals surface area contributed by atoms with Gasteiger partial charge in [-0.25, -0.2) is 0 Å². The van der Waals surface area contributed by atoms with E-state index in [-0.39, 0.29) is 0 Å². The van der Waals surface area contributed by atoms with Crippen molar-refractivity contribution < 1.29 is 9.90 Å². The van der Waals surface area contributed by atoms with Gasteiger partial charge in [-0.05, 0) is 52.1 Å². The van der Waals surface area contributed by atoms with E-state index >= 15 is 0 Å². The number of nitrogens with zero attached hydrogens (tertiary/aromatic N) is 1. The molecule has 1 aliphatic carbocycles. The third kappa shape index (κ3) is 2.69. The van der Waals surface area contributed by atoms with Crippen molar-refractivity contribution in [2.24, 2.45) is 5.92 Å². The van der Waals surface area contributed by atoms with Gasteiger partial charge in [-0.2, -0.15) is 0 Å². The number of piperidine rings is 1. The molecule has 2 rings (SSSR count). The van der Waals surface area contributed by atoms with Gasteiger partial charge >= 0.3 is 5.97 Å². The zero-order valence-electron chi connectivity index (χ0n) is 11.6. The van der Waals surface area contributed by atoms with E-state index in [4.69, 9.17) is 0 Å². The van der Waals surface area contributed by atoms with Crippen molar-refractivity contribution in [1.82, 2.24) is 10.2 Å². The predicted molar refractivity (Wildman–Crippen MR) is 71.7 cm³/mol. The van der Waals surface area contributed by atoms with Crippen LogP contribution < -0.4 is 5.32 Å². The summed E-state index contributed by atoms with van der Waals surface area (Å²) >= 11 is 0. The van der Waals surface area contributed by atoms with E-state index in [2.05, 4.69) is 10.2 Å². The van der Waals surface area contributed by atoms with E-state index < -0.39 is 11.5 Å². The minimum absolute atomic E-state index is 0.625. The van der Waals surface area contributed by atoms with E-state index in [1.807, 2.05) is 0 Å². The maximum atomic E-state index is 11.4. The van der Waals surface area contributed by atoms with E-state index in [1.54, 1.807) is 14.0 Å². The number of carboxylic acid groups (broad SMARTS) is 1. The lowest BCUT2D eigenvalue weighted by Gasteiger charge is -2.46. The third-order valence-corrected chi connectivity index (χ3v) is 4.90. The maximum absolute atomic E-state index is 11.4. The van der Waals surface area contributed by atoms with Crippen LogP contribution in [-0.2, 0) is 4.79 Å². The van der Waals surface area contributed by atoms with Crippen molar-refractivity contribution in [1.29, 1.82) is 0 Å². The molecule has 18 heavy (non-hydrogen) atoms. The van der Waals surface area contributed by atoms with Crippen molar-refractivity contribution in [2.45, 2.75) is 57.0 Å². The highest BCUT2D eigenvalue weighted by atomic mass is 16.4. The molecule has 4 heteroatoms. The van der Waals surface area contributed by atoms with Crippen molar-refractivity contribution in [3.8, 4) is 0 Å². The Morgan fingerprint density at radius 1 is 1.33 bits per heavy atom. The molecule has 0 radical (unpaired) electrons. The summed E-state index contributed by atoms with van der Waals surface area (Å²) in [5.41, 5.74) is -0.820. The number of hydrogen-bond acceptors (Lipinski definition) is 3. The summed E-state index contributed by atoms with van der Waals surface area (Å²) in [5, 5.41) is 12.3. The second-order valence-electron chi connectivity index (χ2n) is 6.11. The largest absolute Gasteiger partial charge is 0.480 e. The molecule has 0 aromatic carbocycles. The molecule has 2 fully saturated rings. The first-order valence-corrected chi connectivity index (χ1v) is 7.23. The lowest BCUT2D eigenvalue weighted by Crippen LogP contribution is -2.59. The van der Waals surface area contributed by atoms with Crippen molar-refractivity contribution in [2.75, 3.05) is 20.1 Å². The van der Waals surface area contributed by atoms with Gasteiger partial charge < -0.3 is 10.4 Å². The molecule has 2 N–H and O–H groups in total. The first-order valence-electron chi connectivity index (χ1n) is 7.23. The average molecular weight is 254 g/mol. The zero-order chi connectivity index (χ0) is 13.2. The Morgan fingerprint density at radius 2 is 2.00 bits per heavy atom.